The highest BCUT2D eigenvalue weighted by molar-refractivity contribution is 5.69. The number of halogens is 1. The Bertz CT molecular complexity index is 396. The van der Waals surface area contributed by atoms with Crippen LogP contribution in [-0.2, 0) is 6.54 Å². The third-order valence-corrected chi connectivity index (χ3v) is 1.99. The molecule has 1 heterocycles. The summed E-state index contributed by atoms with van der Waals surface area (Å²) in [7, 11) is 0. The Morgan fingerprint density at radius 2 is 2.08 bits per heavy atom. The van der Waals surface area contributed by atoms with Gasteiger partial charge in [-0.15, -0.1) is 0 Å². The molecule has 0 saturated heterocycles. The third-order valence-electron chi connectivity index (χ3n) is 1.99. The van der Waals surface area contributed by atoms with Gasteiger partial charge in [-0.2, -0.15) is 4.57 Å². The average Bonchev–Trinajstić information content (AvgIpc) is 2.17. The van der Waals surface area contributed by atoms with Gasteiger partial charge in [0.25, 0.3) is 0 Å². The first kappa shape index (κ1) is 10.4. The van der Waals surface area contributed by atoms with Gasteiger partial charge in [-0.25, -0.2) is 4.98 Å². The van der Waals surface area contributed by atoms with E-state index in [1.807, 2.05) is 30.6 Å². The van der Waals surface area contributed by atoms with E-state index in [0.717, 1.165) is 12.1 Å². The third kappa shape index (κ3) is 1.96. The van der Waals surface area contributed by atoms with E-state index in [9.17, 15) is 0 Å². The Labute approximate surface area is 94.6 Å². The maximum Gasteiger partial charge on any atom is 0.231 e. The Balaban J connectivity index is 0.000000845. The normalized spacial score (nSPS) is 9.62. The van der Waals surface area contributed by atoms with Gasteiger partial charge < -0.3 is 24.0 Å². The first-order valence-electron chi connectivity index (χ1n) is 4.15. The molecule has 0 radical (unpaired) electrons. The van der Waals surface area contributed by atoms with Gasteiger partial charge in [-0.3, -0.25) is 0 Å². The Morgan fingerprint density at radius 3 is 2.85 bits per heavy atom. The van der Waals surface area contributed by atoms with Gasteiger partial charge in [-0.05, 0) is 13.0 Å². The van der Waals surface area contributed by atoms with Gasteiger partial charge in [0.15, 0.2) is 6.20 Å². The van der Waals surface area contributed by atoms with Crippen molar-refractivity contribution in [1.29, 1.82) is 0 Å². The lowest BCUT2D eigenvalue weighted by Crippen LogP contribution is -3.00. The van der Waals surface area contributed by atoms with Crippen LogP contribution in [0, 0.1) is 0 Å². The molecule has 1 aromatic carbocycles. The minimum atomic E-state index is 0. The Kier molecular flexibility index (Phi) is 3.59. The molecule has 0 spiro atoms. The fraction of sp³-hybridized carbons (Fsp3) is 0.200. The maximum atomic E-state index is 4.27. The Hall–Kier alpha value is -0.710. The monoisotopic (exact) mass is 286 g/mol. The lowest BCUT2D eigenvalue weighted by atomic mass is 10.3. The van der Waals surface area contributed by atoms with Gasteiger partial charge in [0.05, 0.1) is 6.20 Å². The molecule has 3 heteroatoms. The quantitative estimate of drug-likeness (QED) is 0.463. The van der Waals surface area contributed by atoms with Crippen molar-refractivity contribution in [3.05, 3.63) is 36.7 Å². The number of aromatic nitrogens is 2. The van der Waals surface area contributed by atoms with Gasteiger partial charge in [0.2, 0.25) is 5.52 Å². The fourth-order valence-electron chi connectivity index (χ4n) is 1.37. The van der Waals surface area contributed by atoms with Crippen molar-refractivity contribution in [3.63, 3.8) is 0 Å². The van der Waals surface area contributed by atoms with Crippen LogP contribution in [0.2, 0.25) is 0 Å². The summed E-state index contributed by atoms with van der Waals surface area (Å²) in [5, 5.41) is 0. The van der Waals surface area contributed by atoms with Crippen molar-refractivity contribution in [2.24, 2.45) is 0 Å². The van der Waals surface area contributed by atoms with E-state index in [1.165, 1.54) is 5.52 Å². The van der Waals surface area contributed by atoms with E-state index < -0.39 is 0 Å². The van der Waals surface area contributed by atoms with Crippen LogP contribution in [0.25, 0.3) is 11.0 Å². The second-order valence-electron chi connectivity index (χ2n) is 2.70. The molecule has 0 saturated carbocycles. The summed E-state index contributed by atoms with van der Waals surface area (Å²) < 4.78 is 2.18. The molecular formula is C10H11IN2. The minimum Gasteiger partial charge on any atom is -1.00 e. The van der Waals surface area contributed by atoms with E-state index in [2.05, 4.69) is 22.5 Å². The van der Waals surface area contributed by atoms with Gasteiger partial charge in [0, 0.05) is 6.07 Å². The summed E-state index contributed by atoms with van der Waals surface area (Å²) in [4.78, 5) is 4.27. The highest BCUT2D eigenvalue weighted by Crippen LogP contribution is 2.03. The van der Waals surface area contributed by atoms with Crippen LogP contribution in [0.4, 0.5) is 0 Å². The molecule has 0 aliphatic carbocycles. The topological polar surface area (TPSA) is 16.8 Å². The van der Waals surface area contributed by atoms with E-state index in [4.69, 9.17) is 0 Å². The number of hydrogen-bond donors (Lipinski definition) is 0. The molecule has 0 amide bonds. The summed E-state index contributed by atoms with van der Waals surface area (Å²) in [6, 6.07) is 8.17. The zero-order chi connectivity index (χ0) is 8.39. The number of nitrogens with zero attached hydrogens (tertiary/aromatic N) is 2. The molecule has 2 aromatic rings. The zero-order valence-electron chi connectivity index (χ0n) is 7.44. The van der Waals surface area contributed by atoms with Crippen molar-refractivity contribution in [2.45, 2.75) is 13.5 Å². The summed E-state index contributed by atoms with van der Waals surface area (Å²) in [6.45, 7) is 3.12. The lowest BCUT2D eigenvalue weighted by molar-refractivity contribution is -0.668. The molecule has 2 nitrogen and oxygen atoms in total. The van der Waals surface area contributed by atoms with E-state index in [0.29, 0.717) is 0 Å². The number of fused-ring (bicyclic) bond motifs is 1. The molecule has 0 unspecified atom stereocenters. The predicted octanol–water partition coefficient (Wildman–Crippen LogP) is -1.45. The molecule has 0 fully saturated rings. The van der Waals surface area contributed by atoms with Crippen molar-refractivity contribution in [3.8, 4) is 0 Å². The molecule has 1 aromatic heterocycles. The van der Waals surface area contributed by atoms with Crippen LogP contribution < -0.4 is 28.5 Å². The largest absolute Gasteiger partial charge is 1.00 e. The number of hydrogen-bond acceptors (Lipinski definition) is 1. The smallest absolute Gasteiger partial charge is 0.231 e. The molecule has 0 N–H and O–H groups in total. The molecule has 0 aliphatic heterocycles. The van der Waals surface area contributed by atoms with E-state index >= 15 is 0 Å². The van der Waals surface area contributed by atoms with Crippen LogP contribution in [0.3, 0.4) is 0 Å². The summed E-state index contributed by atoms with van der Waals surface area (Å²) >= 11 is 0. The first-order valence-corrected chi connectivity index (χ1v) is 4.15. The minimum absolute atomic E-state index is 0. The highest BCUT2D eigenvalue weighted by atomic mass is 127. The van der Waals surface area contributed by atoms with E-state index in [1.54, 1.807) is 0 Å². The second-order valence-corrected chi connectivity index (χ2v) is 2.70. The number of aryl methyl sites for hydroxylation is 1. The molecular weight excluding hydrogens is 275 g/mol. The van der Waals surface area contributed by atoms with Crippen LogP contribution >= 0.6 is 0 Å². The molecule has 13 heavy (non-hydrogen) atoms. The summed E-state index contributed by atoms with van der Waals surface area (Å²) in [5.41, 5.74) is 2.25. The van der Waals surface area contributed by atoms with Gasteiger partial charge >= 0.3 is 0 Å². The average molecular weight is 286 g/mol. The standard InChI is InChI=1S/C10H11N2.HI/c1-2-12-8-7-11-9-5-3-4-6-10(9)12;/h3-8H,2H2,1H3;1H/q+1;/p-1. The van der Waals surface area contributed by atoms with Gasteiger partial charge in [0.1, 0.15) is 12.1 Å². The number of para-hydroxylation sites is 2. The SMILES string of the molecule is CC[n+]1ccnc2ccccc21.[I-]. The predicted molar refractivity (Wildman–Crippen MR) is 47.6 cm³/mol. The number of rotatable bonds is 1. The van der Waals surface area contributed by atoms with Crippen molar-refractivity contribution in [1.82, 2.24) is 4.98 Å². The zero-order valence-corrected chi connectivity index (χ0v) is 9.60. The summed E-state index contributed by atoms with van der Waals surface area (Å²) in [6.07, 6.45) is 3.84. The van der Waals surface area contributed by atoms with Gasteiger partial charge in [-0.1, -0.05) is 12.1 Å². The maximum absolute atomic E-state index is 4.27. The first-order chi connectivity index (χ1) is 5.92. The molecule has 0 aliphatic rings. The van der Waals surface area contributed by atoms with Crippen LogP contribution in [0.15, 0.2) is 36.7 Å². The number of benzene rings is 1. The fourth-order valence-corrected chi connectivity index (χ4v) is 1.37. The van der Waals surface area contributed by atoms with Crippen LogP contribution in [0.5, 0.6) is 0 Å². The van der Waals surface area contributed by atoms with Crippen molar-refractivity contribution < 1.29 is 28.5 Å². The molecule has 0 atom stereocenters. The lowest BCUT2D eigenvalue weighted by Gasteiger charge is -1.95. The molecule has 68 valence electrons. The van der Waals surface area contributed by atoms with E-state index in [-0.39, 0.29) is 24.0 Å². The van der Waals surface area contributed by atoms with Crippen molar-refractivity contribution in [2.75, 3.05) is 0 Å². The summed E-state index contributed by atoms with van der Waals surface area (Å²) in [5.74, 6) is 0. The van der Waals surface area contributed by atoms with Crippen LogP contribution in [-0.4, -0.2) is 4.98 Å². The van der Waals surface area contributed by atoms with Crippen molar-refractivity contribution >= 4 is 11.0 Å². The second kappa shape index (κ2) is 4.50. The Morgan fingerprint density at radius 1 is 1.31 bits per heavy atom. The van der Waals surface area contributed by atoms with Crippen LogP contribution in [0.1, 0.15) is 6.92 Å². The molecule has 2 rings (SSSR count). The highest BCUT2D eigenvalue weighted by Gasteiger charge is 2.04. The molecule has 0 bridgehead atoms.